The van der Waals surface area contributed by atoms with Crippen LogP contribution in [-0.2, 0) is 4.79 Å². The molecule has 0 bridgehead atoms. The fourth-order valence-electron chi connectivity index (χ4n) is 2.99. The molecule has 1 heterocycles. The van der Waals surface area contributed by atoms with Crippen LogP contribution in [-0.4, -0.2) is 25.1 Å². The smallest absolute Gasteiger partial charge is 0.221 e. The van der Waals surface area contributed by atoms with Crippen molar-refractivity contribution in [1.29, 1.82) is 0 Å². The summed E-state index contributed by atoms with van der Waals surface area (Å²) in [6, 6.07) is 9.65. The van der Waals surface area contributed by atoms with Crippen molar-refractivity contribution < 1.29 is 18.7 Å². The molecule has 3 rings (SSSR count). The molecule has 5 nitrogen and oxygen atoms in total. The van der Waals surface area contributed by atoms with Crippen molar-refractivity contribution in [3.63, 3.8) is 0 Å². The standard InChI is InChI=1S/C20H19FN2O3/c1-11-9-16(14-10-13(21)5-7-17(14)25-3)23-20-18(26-4)8-6-15(19(11)20)22-12(2)24/h5-10H,1-4H3,(H,22,24). The third-order valence-electron chi connectivity index (χ3n) is 4.09. The fraction of sp³-hybridized carbons (Fsp3) is 0.200. The predicted molar refractivity (Wildman–Crippen MR) is 99.3 cm³/mol. The number of aromatic nitrogens is 1. The number of hydrogen-bond donors (Lipinski definition) is 1. The van der Waals surface area contributed by atoms with Crippen LogP contribution in [0.2, 0.25) is 0 Å². The van der Waals surface area contributed by atoms with E-state index in [0.29, 0.717) is 34.0 Å². The number of amides is 1. The Bertz CT molecular complexity index is 1000. The summed E-state index contributed by atoms with van der Waals surface area (Å²) in [6.07, 6.45) is 0. The number of halogens is 1. The molecule has 0 fully saturated rings. The first-order valence-corrected chi connectivity index (χ1v) is 8.04. The van der Waals surface area contributed by atoms with Crippen LogP contribution in [0.15, 0.2) is 36.4 Å². The van der Waals surface area contributed by atoms with Gasteiger partial charge in [0.1, 0.15) is 22.8 Å². The largest absolute Gasteiger partial charge is 0.496 e. The number of rotatable bonds is 4. The predicted octanol–water partition coefficient (Wildman–Crippen LogP) is 4.32. The molecular formula is C20H19FN2O3. The van der Waals surface area contributed by atoms with Gasteiger partial charge in [0.15, 0.2) is 0 Å². The Balaban J connectivity index is 2.31. The summed E-state index contributed by atoms with van der Waals surface area (Å²) in [4.78, 5) is 16.2. The molecule has 1 aromatic heterocycles. The van der Waals surface area contributed by atoms with Crippen molar-refractivity contribution in [2.24, 2.45) is 0 Å². The van der Waals surface area contributed by atoms with E-state index in [1.165, 1.54) is 26.2 Å². The van der Waals surface area contributed by atoms with Gasteiger partial charge in [-0.2, -0.15) is 0 Å². The van der Waals surface area contributed by atoms with E-state index in [2.05, 4.69) is 10.3 Å². The maximum atomic E-state index is 13.8. The van der Waals surface area contributed by atoms with Gasteiger partial charge in [0.2, 0.25) is 5.91 Å². The molecule has 0 saturated heterocycles. The lowest BCUT2D eigenvalue weighted by Gasteiger charge is -2.15. The number of carbonyl (C=O) groups is 1. The monoisotopic (exact) mass is 354 g/mol. The summed E-state index contributed by atoms with van der Waals surface area (Å²) < 4.78 is 24.6. The van der Waals surface area contributed by atoms with Gasteiger partial charge in [0.05, 0.1) is 25.6 Å². The highest BCUT2D eigenvalue weighted by Gasteiger charge is 2.16. The van der Waals surface area contributed by atoms with Gasteiger partial charge in [-0.3, -0.25) is 4.79 Å². The summed E-state index contributed by atoms with van der Waals surface area (Å²) in [5, 5.41) is 3.59. The normalized spacial score (nSPS) is 10.7. The number of anilines is 1. The highest BCUT2D eigenvalue weighted by molar-refractivity contribution is 6.04. The van der Waals surface area contributed by atoms with Crippen LogP contribution in [0.25, 0.3) is 22.2 Å². The lowest BCUT2D eigenvalue weighted by atomic mass is 10.0. The molecule has 6 heteroatoms. The number of nitrogens with zero attached hydrogens (tertiary/aromatic N) is 1. The fourth-order valence-corrected chi connectivity index (χ4v) is 2.99. The molecule has 3 aromatic rings. The molecule has 0 saturated carbocycles. The number of pyridine rings is 1. The number of carbonyl (C=O) groups excluding carboxylic acids is 1. The van der Waals surface area contributed by atoms with E-state index < -0.39 is 0 Å². The van der Waals surface area contributed by atoms with Crippen LogP contribution >= 0.6 is 0 Å². The van der Waals surface area contributed by atoms with Crippen LogP contribution < -0.4 is 14.8 Å². The molecule has 0 aliphatic rings. The SMILES string of the molecule is COc1ccc(F)cc1-c1cc(C)c2c(NC(C)=O)ccc(OC)c2n1. The minimum Gasteiger partial charge on any atom is -0.496 e. The second-order valence-corrected chi connectivity index (χ2v) is 5.89. The summed E-state index contributed by atoms with van der Waals surface area (Å²) >= 11 is 0. The van der Waals surface area contributed by atoms with Crippen LogP contribution in [0.5, 0.6) is 11.5 Å². The van der Waals surface area contributed by atoms with Gasteiger partial charge in [-0.15, -0.1) is 0 Å². The van der Waals surface area contributed by atoms with Gasteiger partial charge in [0.25, 0.3) is 0 Å². The Hall–Kier alpha value is -3.15. The zero-order valence-corrected chi connectivity index (χ0v) is 15.0. The van der Waals surface area contributed by atoms with Crippen molar-refractivity contribution in [3.05, 3.63) is 47.8 Å². The van der Waals surface area contributed by atoms with Crippen molar-refractivity contribution >= 4 is 22.5 Å². The summed E-state index contributed by atoms with van der Waals surface area (Å²) in [7, 11) is 3.08. The molecular weight excluding hydrogens is 335 g/mol. The first-order valence-electron chi connectivity index (χ1n) is 8.04. The number of fused-ring (bicyclic) bond motifs is 1. The van der Waals surface area contributed by atoms with Gasteiger partial charge < -0.3 is 14.8 Å². The third-order valence-corrected chi connectivity index (χ3v) is 4.09. The number of hydrogen-bond acceptors (Lipinski definition) is 4. The molecule has 1 amide bonds. The van der Waals surface area contributed by atoms with Crippen molar-refractivity contribution in [2.75, 3.05) is 19.5 Å². The summed E-state index contributed by atoms with van der Waals surface area (Å²) in [6.45, 7) is 3.36. The van der Waals surface area contributed by atoms with E-state index in [0.717, 1.165) is 10.9 Å². The zero-order valence-electron chi connectivity index (χ0n) is 15.0. The number of benzene rings is 2. The number of methoxy groups -OCH3 is 2. The van der Waals surface area contributed by atoms with Crippen LogP contribution in [0.4, 0.5) is 10.1 Å². The molecule has 26 heavy (non-hydrogen) atoms. The average Bonchev–Trinajstić information content (AvgIpc) is 2.61. The molecule has 0 unspecified atom stereocenters. The van der Waals surface area contributed by atoms with Crippen molar-refractivity contribution in [3.8, 4) is 22.8 Å². The third kappa shape index (κ3) is 3.18. The van der Waals surface area contributed by atoms with E-state index in [1.807, 2.05) is 13.0 Å². The molecule has 0 radical (unpaired) electrons. The molecule has 1 N–H and O–H groups in total. The summed E-state index contributed by atoms with van der Waals surface area (Å²) in [5.41, 5.74) is 3.21. The van der Waals surface area contributed by atoms with E-state index in [4.69, 9.17) is 9.47 Å². The lowest BCUT2D eigenvalue weighted by molar-refractivity contribution is -0.114. The number of nitrogens with one attached hydrogen (secondary N) is 1. The molecule has 134 valence electrons. The van der Waals surface area contributed by atoms with E-state index in [1.54, 1.807) is 25.3 Å². The second kappa shape index (κ2) is 7.00. The number of ether oxygens (including phenoxy) is 2. The van der Waals surface area contributed by atoms with E-state index in [9.17, 15) is 9.18 Å². The Labute approximate surface area is 150 Å². The Morgan fingerprint density at radius 3 is 2.42 bits per heavy atom. The minimum atomic E-state index is -0.376. The van der Waals surface area contributed by atoms with Gasteiger partial charge in [-0.05, 0) is 48.9 Å². The Kier molecular flexibility index (Phi) is 4.75. The Morgan fingerprint density at radius 2 is 1.77 bits per heavy atom. The van der Waals surface area contributed by atoms with Crippen molar-refractivity contribution in [2.45, 2.75) is 13.8 Å². The minimum absolute atomic E-state index is 0.174. The quantitative estimate of drug-likeness (QED) is 0.758. The first-order chi connectivity index (χ1) is 12.4. The lowest BCUT2D eigenvalue weighted by Crippen LogP contribution is -2.07. The zero-order chi connectivity index (χ0) is 18.8. The topological polar surface area (TPSA) is 60.5 Å². The highest BCUT2D eigenvalue weighted by atomic mass is 19.1. The molecule has 0 aliphatic heterocycles. The molecule has 0 spiro atoms. The summed E-state index contributed by atoms with van der Waals surface area (Å²) in [5.74, 6) is 0.537. The van der Waals surface area contributed by atoms with Gasteiger partial charge in [0, 0.05) is 17.9 Å². The van der Waals surface area contributed by atoms with Gasteiger partial charge in [-0.25, -0.2) is 9.37 Å². The van der Waals surface area contributed by atoms with E-state index in [-0.39, 0.29) is 11.7 Å². The van der Waals surface area contributed by atoms with Crippen molar-refractivity contribution in [1.82, 2.24) is 4.98 Å². The van der Waals surface area contributed by atoms with Crippen LogP contribution in [0.3, 0.4) is 0 Å². The van der Waals surface area contributed by atoms with Gasteiger partial charge >= 0.3 is 0 Å². The van der Waals surface area contributed by atoms with Crippen LogP contribution in [0, 0.1) is 12.7 Å². The molecule has 2 aromatic carbocycles. The Morgan fingerprint density at radius 1 is 1.08 bits per heavy atom. The highest BCUT2D eigenvalue weighted by Crippen LogP contribution is 2.37. The molecule has 0 atom stereocenters. The molecule has 0 aliphatic carbocycles. The average molecular weight is 354 g/mol. The first kappa shape index (κ1) is 17.7. The maximum Gasteiger partial charge on any atom is 0.221 e. The maximum absolute atomic E-state index is 13.8. The van der Waals surface area contributed by atoms with E-state index >= 15 is 0 Å². The second-order valence-electron chi connectivity index (χ2n) is 5.89. The van der Waals surface area contributed by atoms with Gasteiger partial charge in [-0.1, -0.05) is 0 Å². The number of aryl methyl sites for hydroxylation is 1. The van der Waals surface area contributed by atoms with Crippen LogP contribution in [0.1, 0.15) is 12.5 Å².